The van der Waals surface area contributed by atoms with Crippen molar-refractivity contribution in [3.8, 4) is 5.75 Å². The first-order valence-electron chi connectivity index (χ1n) is 7.18. The molecule has 1 aromatic heterocycles. The second-order valence-electron chi connectivity index (χ2n) is 5.86. The van der Waals surface area contributed by atoms with Gasteiger partial charge in [0.15, 0.2) is 5.75 Å². The van der Waals surface area contributed by atoms with E-state index in [1.54, 1.807) is 13.3 Å². The number of benzene rings is 1. The van der Waals surface area contributed by atoms with Gasteiger partial charge in [0.25, 0.3) is 0 Å². The van der Waals surface area contributed by atoms with Crippen molar-refractivity contribution in [2.75, 3.05) is 7.11 Å². The number of rotatable bonds is 3. The molecule has 0 aliphatic heterocycles. The molecule has 0 radical (unpaired) electrons. The van der Waals surface area contributed by atoms with Crippen molar-refractivity contribution in [2.45, 2.75) is 38.0 Å². The maximum absolute atomic E-state index is 11.4. The van der Waals surface area contributed by atoms with Crippen LogP contribution < -0.4 is 10.5 Å². The molecule has 1 aliphatic carbocycles. The molecule has 0 saturated carbocycles. The molecule has 112 valence electrons. The van der Waals surface area contributed by atoms with Crippen LogP contribution in [0.5, 0.6) is 5.75 Å². The van der Waals surface area contributed by atoms with E-state index >= 15 is 0 Å². The molecule has 0 bridgehead atoms. The minimum atomic E-state index is -1.16. The van der Waals surface area contributed by atoms with Gasteiger partial charge < -0.3 is 15.6 Å². The first kappa shape index (κ1) is 14.1. The summed E-state index contributed by atoms with van der Waals surface area (Å²) in [5.41, 5.74) is 7.56. The van der Waals surface area contributed by atoms with Crippen LogP contribution in [0.3, 0.4) is 0 Å². The Labute approximate surface area is 124 Å². The molecule has 3 N–H and O–H groups in total. The highest BCUT2D eigenvalue weighted by atomic mass is 16.5. The predicted molar refractivity (Wildman–Crippen MR) is 80.2 cm³/mol. The lowest BCUT2D eigenvalue weighted by molar-refractivity contribution is 0.0635. The lowest BCUT2D eigenvalue weighted by Gasteiger charge is -2.27. The van der Waals surface area contributed by atoms with Gasteiger partial charge in [-0.25, -0.2) is 0 Å². The summed E-state index contributed by atoms with van der Waals surface area (Å²) in [5, 5.41) is 15.8. The Bertz CT molecular complexity index is 665. The number of nitrogens with zero attached hydrogens (tertiary/aromatic N) is 2. The quantitative estimate of drug-likeness (QED) is 0.907. The smallest absolute Gasteiger partial charge is 0.163 e. The van der Waals surface area contributed by atoms with E-state index in [-0.39, 0.29) is 12.1 Å². The standard InChI is InChI=1S/C16H21N3O2/c1-10(2)19-15(14(21-3)9-18-19)16(20)8-13(17)11-6-4-5-7-12(11)16/h4-7,9-10,13,20H,8,17H2,1-3H3. The molecule has 0 fully saturated rings. The van der Waals surface area contributed by atoms with Crippen LogP contribution in [0.15, 0.2) is 30.5 Å². The Morgan fingerprint density at radius 2 is 2.14 bits per heavy atom. The minimum absolute atomic E-state index is 0.122. The topological polar surface area (TPSA) is 73.3 Å². The molecule has 1 aromatic carbocycles. The lowest BCUT2D eigenvalue weighted by atomic mass is 9.91. The van der Waals surface area contributed by atoms with Crippen molar-refractivity contribution < 1.29 is 9.84 Å². The number of methoxy groups -OCH3 is 1. The summed E-state index contributed by atoms with van der Waals surface area (Å²) in [4.78, 5) is 0. The van der Waals surface area contributed by atoms with E-state index in [1.807, 2.05) is 42.8 Å². The number of ether oxygens (including phenoxy) is 1. The zero-order valence-electron chi connectivity index (χ0n) is 12.6. The molecule has 2 atom stereocenters. The maximum atomic E-state index is 11.4. The Hall–Kier alpha value is -1.85. The summed E-state index contributed by atoms with van der Waals surface area (Å²) in [5.74, 6) is 0.593. The number of fused-ring (bicyclic) bond motifs is 1. The molecule has 5 nitrogen and oxygen atoms in total. The van der Waals surface area contributed by atoms with Gasteiger partial charge >= 0.3 is 0 Å². The fraction of sp³-hybridized carbons (Fsp3) is 0.438. The Morgan fingerprint density at radius 1 is 1.43 bits per heavy atom. The van der Waals surface area contributed by atoms with Crippen molar-refractivity contribution >= 4 is 0 Å². The van der Waals surface area contributed by atoms with Gasteiger partial charge in [0.05, 0.1) is 13.3 Å². The van der Waals surface area contributed by atoms with Crippen LogP contribution in [0.4, 0.5) is 0 Å². The van der Waals surface area contributed by atoms with Crippen LogP contribution in [-0.2, 0) is 5.60 Å². The highest BCUT2D eigenvalue weighted by Gasteiger charge is 2.46. The lowest BCUT2D eigenvalue weighted by Crippen LogP contribution is -2.30. The van der Waals surface area contributed by atoms with Crippen molar-refractivity contribution in [3.05, 3.63) is 47.3 Å². The SMILES string of the molecule is COc1cnn(C(C)C)c1C1(O)CC(N)c2ccccc21. The third-order valence-electron chi connectivity index (χ3n) is 4.18. The molecular formula is C16H21N3O2. The largest absolute Gasteiger partial charge is 0.493 e. The van der Waals surface area contributed by atoms with Crippen molar-refractivity contribution in [3.63, 3.8) is 0 Å². The average molecular weight is 287 g/mol. The Morgan fingerprint density at radius 3 is 2.81 bits per heavy atom. The van der Waals surface area contributed by atoms with Gasteiger partial charge in [-0.05, 0) is 25.0 Å². The van der Waals surface area contributed by atoms with Crippen LogP contribution >= 0.6 is 0 Å². The highest BCUT2D eigenvalue weighted by molar-refractivity contribution is 5.49. The van der Waals surface area contributed by atoms with Gasteiger partial charge in [0.2, 0.25) is 0 Å². The number of aromatic nitrogens is 2. The van der Waals surface area contributed by atoms with Crippen LogP contribution in [-0.4, -0.2) is 22.0 Å². The summed E-state index contributed by atoms with van der Waals surface area (Å²) in [6, 6.07) is 7.70. The van der Waals surface area contributed by atoms with E-state index < -0.39 is 5.60 Å². The molecule has 0 spiro atoms. The van der Waals surface area contributed by atoms with Crippen molar-refractivity contribution in [2.24, 2.45) is 5.73 Å². The van der Waals surface area contributed by atoms with E-state index in [9.17, 15) is 5.11 Å². The molecule has 2 unspecified atom stereocenters. The first-order valence-corrected chi connectivity index (χ1v) is 7.18. The molecule has 0 saturated heterocycles. The number of nitrogens with two attached hydrogens (primary N) is 1. The van der Waals surface area contributed by atoms with Gasteiger partial charge in [-0.1, -0.05) is 24.3 Å². The third kappa shape index (κ3) is 1.96. The zero-order chi connectivity index (χ0) is 15.2. The van der Waals surface area contributed by atoms with E-state index in [1.165, 1.54) is 0 Å². The molecule has 5 heteroatoms. The summed E-state index contributed by atoms with van der Waals surface area (Å²) < 4.78 is 7.23. The summed E-state index contributed by atoms with van der Waals surface area (Å²) in [7, 11) is 1.59. The van der Waals surface area contributed by atoms with Crippen molar-refractivity contribution in [1.29, 1.82) is 0 Å². The minimum Gasteiger partial charge on any atom is -0.493 e. The molecule has 1 heterocycles. The predicted octanol–water partition coefficient (Wildman–Crippen LogP) is 2.11. The summed E-state index contributed by atoms with van der Waals surface area (Å²) in [6.07, 6.45) is 2.08. The zero-order valence-corrected chi connectivity index (χ0v) is 12.6. The highest BCUT2D eigenvalue weighted by Crippen LogP contribution is 2.49. The van der Waals surface area contributed by atoms with Gasteiger partial charge in [0.1, 0.15) is 11.3 Å². The van der Waals surface area contributed by atoms with E-state index in [2.05, 4.69) is 5.10 Å². The van der Waals surface area contributed by atoms with E-state index in [4.69, 9.17) is 10.5 Å². The average Bonchev–Trinajstić information content (AvgIpc) is 3.01. The normalized spacial score (nSPS) is 24.4. The number of aliphatic hydroxyl groups is 1. The van der Waals surface area contributed by atoms with Crippen LogP contribution in [0, 0.1) is 0 Å². The van der Waals surface area contributed by atoms with Gasteiger partial charge in [-0.3, -0.25) is 4.68 Å². The van der Waals surface area contributed by atoms with Gasteiger partial charge in [-0.2, -0.15) is 5.10 Å². The summed E-state index contributed by atoms with van der Waals surface area (Å²) >= 11 is 0. The maximum Gasteiger partial charge on any atom is 0.163 e. The van der Waals surface area contributed by atoms with Crippen molar-refractivity contribution in [1.82, 2.24) is 9.78 Å². The van der Waals surface area contributed by atoms with Crippen LogP contribution in [0.1, 0.15) is 49.2 Å². The summed E-state index contributed by atoms with van der Waals surface area (Å²) in [6.45, 7) is 4.06. The fourth-order valence-electron chi connectivity index (χ4n) is 3.24. The van der Waals surface area contributed by atoms with Crippen LogP contribution in [0.2, 0.25) is 0 Å². The Kier molecular flexibility index (Phi) is 3.26. The molecule has 3 rings (SSSR count). The number of hydrogen-bond acceptors (Lipinski definition) is 4. The van der Waals surface area contributed by atoms with Gasteiger partial charge in [-0.15, -0.1) is 0 Å². The van der Waals surface area contributed by atoms with E-state index in [0.29, 0.717) is 17.9 Å². The van der Waals surface area contributed by atoms with Crippen LogP contribution in [0.25, 0.3) is 0 Å². The molecule has 21 heavy (non-hydrogen) atoms. The molecular weight excluding hydrogens is 266 g/mol. The van der Waals surface area contributed by atoms with E-state index in [0.717, 1.165) is 11.1 Å². The Balaban J connectivity index is 2.23. The van der Waals surface area contributed by atoms with Gasteiger partial charge in [0, 0.05) is 18.5 Å². The monoisotopic (exact) mass is 287 g/mol. The second-order valence-corrected chi connectivity index (χ2v) is 5.86. The molecule has 2 aromatic rings. The number of hydrogen-bond donors (Lipinski definition) is 2. The second kappa shape index (κ2) is 4.86. The third-order valence-corrected chi connectivity index (χ3v) is 4.18. The molecule has 1 aliphatic rings. The fourth-order valence-corrected chi connectivity index (χ4v) is 3.24. The molecule has 0 amide bonds. The first-order chi connectivity index (χ1) is 9.99.